The van der Waals surface area contributed by atoms with Crippen LogP contribution in [0.5, 0.6) is 0 Å². The molecule has 2 heteroatoms. The van der Waals surface area contributed by atoms with E-state index in [1.807, 2.05) is 6.08 Å². The first-order valence-electron chi connectivity index (χ1n) is 7.79. The van der Waals surface area contributed by atoms with Gasteiger partial charge in [0.05, 0.1) is 11.2 Å². The van der Waals surface area contributed by atoms with Crippen molar-refractivity contribution in [2.45, 2.75) is 52.0 Å². The molecule has 0 bridgehead atoms. The summed E-state index contributed by atoms with van der Waals surface area (Å²) >= 11 is 0. The van der Waals surface area contributed by atoms with Crippen molar-refractivity contribution in [3.63, 3.8) is 0 Å². The average molecular weight is 280 g/mol. The van der Waals surface area contributed by atoms with Gasteiger partial charge in [0, 0.05) is 18.4 Å². The Morgan fingerprint density at radius 1 is 1.24 bits per heavy atom. The Morgan fingerprint density at radius 2 is 2.00 bits per heavy atom. The minimum absolute atomic E-state index is 0.910. The van der Waals surface area contributed by atoms with Crippen molar-refractivity contribution >= 4 is 17.0 Å². The number of rotatable bonds is 8. The molecule has 0 radical (unpaired) electrons. The Hall–Kier alpha value is -2.01. The molecular weight excluding hydrogens is 256 g/mol. The van der Waals surface area contributed by atoms with Crippen LogP contribution in [0.15, 0.2) is 24.8 Å². The SMILES string of the molecule is C#CCCCCCCCn1nc(C)c2ccc(C=C)cc21. The molecule has 0 fully saturated rings. The first kappa shape index (κ1) is 15.4. The monoisotopic (exact) mass is 280 g/mol. The maximum atomic E-state index is 5.26. The molecule has 2 nitrogen and oxygen atoms in total. The number of fused-ring (bicyclic) bond motifs is 1. The lowest BCUT2D eigenvalue weighted by atomic mass is 10.1. The van der Waals surface area contributed by atoms with Crippen LogP contribution in [0.4, 0.5) is 0 Å². The van der Waals surface area contributed by atoms with Crippen LogP contribution >= 0.6 is 0 Å². The van der Waals surface area contributed by atoms with Gasteiger partial charge in [-0.1, -0.05) is 44.1 Å². The molecule has 0 spiro atoms. The summed E-state index contributed by atoms with van der Waals surface area (Å²) in [5.74, 6) is 2.70. The molecule has 0 N–H and O–H groups in total. The van der Waals surface area contributed by atoms with Crippen LogP contribution in [-0.4, -0.2) is 9.78 Å². The fourth-order valence-corrected chi connectivity index (χ4v) is 2.67. The van der Waals surface area contributed by atoms with Gasteiger partial charge in [-0.2, -0.15) is 5.10 Å². The van der Waals surface area contributed by atoms with E-state index in [4.69, 9.17) is 6.42 Å². The van der Waals surface area contributed by atoms with Gasteiger partial charge in [0.2, 0.25) is 0 Å². The second-order valence-corrected chi connectivity index (χ2v) is 5.51. The summed E-state index contributed by atoms with van der Waals surface area (Å²) in [4.78, 5) is 0. The van der Waals surface area contributed by atoms with E-state index in [9.17, 15) is 0 Å². The molecule has 110 valence electrons. The summed E-state index contributed by atoms with van der Waals surface area (Å²) < 4.78 is 2.14. The van der Waals surface area contributed by atoms with Crippen LogP contribution < -0.4 is 0 Å². The summed E-state index contributed by atoms with van der Waals surface area (Å²) in [5.41, 5.74) is 3.48. The van der Waals surface area contributed by atoms with Gasteiger partial charge in [0.15, 0.2) is 0 Å². The van der Waals surface area contributed by atoms with E-state index in [-0.39, 0.29) is 0 Å². The van der Waals surface area contributed by atoms with Crippen molar-refractivity contribution in [2.24, 2.45) is 0 Å². The zero-order valence-corrected chi connectivity index (χ0v) is 12.9. The predicted octanol–water partition coefficient (Wildman–Crippen LogP) is 4.96. The summed E-state index contributed by atoms with van der Waals surface area (Å²) in [5, 5.41) is 5.91. The van der Waals surface area contributed by atoms with E-state index in [1.165, 1.54) is 36.6 Å². The number of aryl methyl sites for hydroxylation is 2. The number of benzene rings is 1. The molecule has 0 aliphatic rings. The molecule has 1 aromatic heterocycles. The van der Waals surface area contributed by atoms with E-state index in [2.05, 4.69) is 47.4 Å². The predicted molar refractivity (Wildman–Crippen MR) is 91.1 cm³/mol. The molecule has 1 aromatic carbocycles. The summed E-state index contributed by atoms with van der Waals surface area (Å²) in [6, 6.07) is 6.42. The Labute approximate surface area is 127 Å². The third-order valence-corrected chi connectivity index (χ3v) is 3.89. The molecule has 0 saturated carbocycles. The lowest BCUT2D eigenvalue weighted by Gasteiger charge is -2.04. The molecule has 0 unspecified atom stereocenters. The second-order valence-electron chi connectivity index (χ2n) is 5.51. The Kier molecular flexibility index (Phi) is 5.63. The Balaban J connectivity index is 1.93. The maximum Gasteiger partial charge on any atom is 0.0691 e. The van der Waals surface area contributed by atoms with Gasteiger partial charge in [0.1, 0.15) is 0 Å². The van der Waals surface area contributed by atoms with Crippen molar-refractivity contribution in [2.75, 3.05) is 0 Å². The van der Waals surface area contributed by atoms with Crippen molar-refractivity contribution in [3.8, 4) is 12.3 Å². The Bertz CT molecular complexity index is 643. The van der Waals surface area contributed by atoms with E-state index >= 15 is 0 Å². The van der Waals surface area contributed by atoms with Crippen molar-refractivity contribution in [1.82, 2.24) is 9.78 Å². The first-order chi connectivity index (χ1) is 10.3. The van der Waals surface area contributed by atoms with Gasteiger partial charge in [-0.15, -0.1) is 12.3 Å². The highest BCUT2D eigenvalue weighted by Gasteiger charge is 2.07. The van der Waals surface area contributed by atoms with Crippen LogP contribution in [0.1, 0.15) is 49.8 Å². The number of nitrogens with zero attached hydrogens (tertiary/aromatic N) is 2. The summed E-state index contributed by atoms with van der Waals surface area (Å²) in [6.45, 7) is 6.90. The fourth-order valence-electron chi connectivity index (χ4n) is 2.67. The molecule has 2 rings (SSSR count). The molecule has 0 aliphatic heterocycles. The summed E-state index contributed by atoms with van der Waals surface area (Å²) in [6.07, 6.45) is 14.1. The first-order valence-corrected chi connectivity index (χ1v) is 7.79. The normalized spacial score (nSPS) is 10.7. The van der Waals surface area contributed by atoms with Gasteiger partial charge < -0.3 is 0 Å². The zero-order chi connectivity index (χ0) is 15.1. The lowest BCUT2D eigenvalue weighted by Crippen LogP contribution is -2.00. The van der Waals surface area contributed by atoms with Gasteiger partial charge in [-0.25, -0.2) is 0 Å². The fraction of sp³-hybridized carbons (Fsp3) is 0.421. The van der Waals surface area contributed by atoms with Crippen LogP contribution in [0.2, 0.25) is 0 Å². The topological polar surface area (TPSA) is 17.8 Å². The largest absolute Gasteiger partial charge is 0.265 e. The van der Waals surface area contributed by atoms with Crippen molar-refractivity contribution in [1.29, 1.82) is 0 Å². The van der Waals surface area contributed by atoms with Crippen molar-refractivity contribution < 1.29 is 0 Å². The highest BCUT2D eigenvalue weighted by molar-refractivity contribution is 5.84. The number of unbranched alkanes of at least 4 members (excludes halogenated alkanes) is 5. The van der Waals surface area contributed by atoms with E-state index in [0.29, 0.717) is 0 Å². The van der Waals surface area contributed by atoms with Gasteiger partial charge >= 0.3 is 0 Å². The summed E-state index contributed by atoms with van der Waals surface area (Å²) in [7, 11) is 0. The molecule has 0 aliphatic carbocycles. The molecule has 0 amide bonds. The van der Waals surface area contributed by atoms with Crippen LogP contribution in [0.25, 0.3) is 17.0 Å². The third-order valence-electron chi connectivity index (χ3n) is 3.89. The number of aromatic nitrogens is 2. The van der Waals surface area contributed by atoms with Crippen LogP contribution in [-0.2, 0) is 6.54 Å². The highest BCUT2D eigenvalue weighted by atomic mass is 15.3. The van der Waals surface area contributed by atoms with Gasteiger partial charge in [0.25, 0.3) is 0 Å². The third kappa shape index (κ3) is 3.98. The van der Waals surface area contributed by atoms with E-state index in [1.54, 1.807) is 0 Å². The minimum atomic E-state index is 0.910. The zero-order valence-electron chi connectivity index (χ0n) is 12.9. The molecular formula is C19H24N2. The van der Waals surface area contributed by atoms with E-state index in [0.717, 1.165) is 30.6 Å². The molecule has 21 heavy (non-hydrogen) atoms. The second kappa shape index (κ2) is 7.69. The van der Waals surface area contributed by atoms with Crippen LogP contribution in [0.3, 0.4) is 0 Å². The minimum Gasteiger partial charge on any atom is -0.265 e. The number of hydrogen-bond acceptors (Lipinski definition) is 1. The lowest BCUT2D eigenvalue weighted by molar-refractivity contribution is 0.539. The maximum absolute atomic E-state index is 5.26. The number of terminal acetylenes is 1. The van der Waals surface area contributed by atoms with Crippen LogP contribution in [0, 0.1) is 19.3 Å². The smallest absolute Gasteiger partial charge is 0.0691 e. The molecule has 0 atom stereocenters. The quantitative estimate of drug-likeness (QED) is 0.493. The van der Waals surface area contributed by atoms with Gasteiger partial charge in [-0.3, -0.25) is 4.68 Å². The molecule has 0 saturated heterocycles. The van der Waals surface area contributed by atoms with E-state index < -0.39 is 0 Å². The molecule has 1 heterocycles. The highest BCUT2D eigenvalue weighted by Crippen LogP contribution is 2.21. The number of hydrogen-bond donors (Lipinski definition) is 0. The average Bonchev–Trinajstić information content (AvgIpc) is 2.82. The standard InChI is InChI=1S/C19H24N2/c1-4-6-7-8-9-10-11-14-21-19-15-17(5-2)12-13-18(19)16(3)20-21/h1,5,12-13,15H,2,6-11,14H2,3H3. The molecule has 2 aromatic rings. The van der Waals surface area contributed by atoms with Gasteiger partial charge in [-0.05, 0) is 31.4 Å². The van der Waals surface area contributed by atoms with Crippen molar-refractivity contribution in [3.05, 3.63) is 36.0 Å². The Morgan fingerprint density at radius 3 is 2.76 bits per heavy atom.